The standard InChI is InChI=1S/C29H26N8O3/c38-29(25-13-21(11-12-30-25)36-14-26(31-18-36)20-9-10-20)32-24-8-4-7-23-27(24)40-17-22(37-28(23)33-34-35-37)16-39-15-19-5-2-1-3-6-19/h1-8,11-14,18,20,22H,9-10,15-17H2,(H,32,38). The van der Waals surface area contributed by atoms with Crippen LogP contribution in [0, 0.1) is 0 Å². The van der Waals surface area contributed by atoms with E-state index in [9.17, 15) is 4.79 Å². The second kappa shape index (κ2) is 10.3. The predicted octanol–water partition coefficient (Wildman–Crippen LogP) is 4.20. The summed E-state index contributed by atoms with van der Waals surface area (Å²) in [6.07, 6.45) is 7.78. The minimum Gasteiger partial charge on any atom is -0.488 e. The van der Waals surface area contributed by atoms with E-state index >= 15 is 0 Å². The van der Waals surface area contributed by atoms with Crippen molar-refractivity contribution in [2.24, 2.45) is 0 Å². The Kier molecular flexibility index (Phi) is 6.25. The average Bonchev–Trinajstić information content (AvgIpc) is 3.56. The van der Waals surface area contributed by atoms with Crippen molar-refractivity contribution >= 4 is 11.6 Å². The number of para-hydroxylation sites is 1. The van der Waals surface area contributed by atoms with Gasteiger partial charge in [0.25, 0.3) is 5.91 Å². The van der Waals surface area contributed by atoms with E-state index in [0.29, 0.717) is 42.0 Å². The maximum atomic E-state index is 13.3. The smallest absolute Gasteiger partial charge is 0.274 e. The lowest BCUT2D eigenvalue weighted by molar-refractivity contribution is 0.0690. The molecule has 1 fully saturated rings. The molecular weight excluding hydrogens is 508 g/mol. The van der Waals surface area contributed by atoms with Gasteiger partial charge in [-0.2, -0.15) is 0 Å². The van der Waals surface area contributed by atoms with Gasteiger partial charge in [0.15, 0.2) is 11.6 Å². The highest BCUT2D eigenvalue weighted by atomic mass is 16.5. The molecule has 1 saturated carbocycles. The number of amides is 1. The van der Waals surface area contributed by atoms with Crippen LogP contribution >= 0.6 is 0 Å². The van der Waals surface area contributed by atoms with Crippen LogP contribution in [0.1, 0.15) is 46.5 Å². The van der Waals surface area contributed by atoms with Gasteiger partial charge in [-0.1, -0.05) is 36.4 Å². The van der Waals surface area contributed by atoms with E-state index in [1.165, 1.54) is 12.8 Å². The highest BCUT2D eigenvalue weighted by Gasteiger charge is 2.29. The molecule has 4 heterocycles. The van der Waals surface area contributed by atoms with Gasteiger partial charge in [0.05, 0.1) is 42.2 Å². The van der Waals surface area contributed by atoms with Crippen LogP contribution < -0.4 is 10.1 Å². The van der Waals surface area contributed by atoms with E-state index in [4.69, 9.17) is 9.47 Å². The van der Waals surface area contributed by atoms with E-state index in [0.717, 1.165) is 16.9 Å². The Labute approximate surface area is 229 Å². The number of nitrogens with zero attached hydrogens (tertiary/aromatic N) is 7. The molecule has 1 unspecified atom stereocenters. The number of tetrazole rings is 1. The third kappa shape index (κ3) is 4.82. The molecule has 11 heteroatoms. The summed E-state index contributed by atoms with van der Waals surface area (Å²) in [6.45, 7) is 1.09. The summed E-state index contributed by atoms with van der Waals surface area (Å²) in [5.41, 5.74) is 4.45. The third-order valence-electron chi connectivity index (χ3n) is 7.06. The predicted molar refractivity (Wildman–Crippen MR) is 145 cm³/mol. The van der Waals surface area contributed by atoms with Crippen LogP contribution in [-0.4, -0.2) is 53.9 Å². The van der Waals surface area contributed by atoms with Gasteiger partial charge in [-0.15, -0.1) is 5.10 Å². The summed E-state index contributed by atoms with van der Waals surface area (Å²) in [5, 5.41) is 15.3. The van der Waals surface area contributed by atoms with Crippen molar-refractivity contribution in [1.29, 1.82) is 0 Å². The number of hydrogen-bond acceptors (Lipinski definition) is 8. The molecule has 1 N–H and O–H groups in total. The molecule has 5 aromatic rings. The summed E-state index contributed by atoms with van der Waals surface area (Å²) < 4.78 is 15.9. The van der Waals surface area contributed by atoms with Crippen molar-refractivity contribution in [3.05, 3.63) is 96.3 Å². The van der Waals surface area contributed by atoms with E-state index < -0.39 is 0 Å². The Bertz CT molecular complexity index is 1660. The van der Waals surface area contributed by atoms with Gasteiger partial charge in [-0.25, -0.2) is 9.67 Å². The quantitative estimate of drug-likeness (QED) is 0.314. The number of nitrogens with one attached hydrogen (secondary N) is 1. The highest BCUT2D eigenvalue weighted by Crippen LogP contribution is 2.40. The first kappa shape index (κ1) is 24.2. The van der Waals surface area contributed by atoms with Crippen LogP contribution in [0.2, 0.25) is 0 Å². The number of hydrogen-bond donors (Lipinski definition) is 1. The Balaban J connectivity index is 1.09. The first-order valence-corrected chi connectivity index (χ1v) is 13.2. The number of imidazole rings is 1. The first-order valence-electron chi connectivity index (χ1n) is 13.2. The maximum Gasteiger partial charge on any atom is 0.274 e. The molecule has 1 amide bonds. The summed E-state index contributed by atoms with van der Waals surface area (Å²) >= 11 is 0. The molecule has 1 aliphatic carbocycles. The molecule has 0 radical (unpaired) electrons. The number of benzene rings is 2. The molecular formula is C29H26N8O3. The molecule has 200 valence electrons. The van der Waals surface area contributed by atoms with E-state index in [2.05, 4.69) is 30.8 Å². The van der Waals surface area contributed by atoms with Gasteiger partial charge < -0.3 is 19.4 Å². The number of rotatable bonds is 8. The zero-order valence-electron chi connectivity index (χ0n) is 21.6. The largest absolute Gasteiger partial charge is 0.488 e. The highest BCUT2D eigenvalue weighted by molar-refractivity contribution is 6.04. The second-order valence-electron chi connectivity index (χ2n) is 9.93. The van der Waals surface area contributed by atoms with Gasteiger partial charge >= 0.3 is 0 Å². The SMILES string of the molecule is O=C(Nc1cccc2c1OCC(COCc1ccccc1)n1nnnc1-2)c1cc(-n2cnc(C3CC3)c2)ccn1. The van der Waals surface area contributed by atoms with E-state index in [1.807, 2.05) is 59.3 Å². The maximum absolute atomic E-state index is 13.3. The second-order valence-corrected chi connectivity index (χ2v) is 9.93. The van der Waals surface area contributed by atoms with E-state index in [1.54, 1.807) is 29.3 Å². The Morgan fingerprint density at radius 3 is 2.85 bits per heavy atom. The van der Waals surface area contributed by atoms with Crippen molar-refractivity contribution in [2.45, 2.75) is 31.4 Å². The fourth-order valence-corrected chi connectivity index (χ4v) is 4.80. The minimum atomic E-state index is -0.354. The molecule has 11 nitrogen and oxygen atoms in total. The lowest BCUT2D eigenvalue weighted by Crippen LogP contribution is -2.23. The van der Waals surface area contributed by atoms with Gasteiger partial charge in [-0.05, 0) is 53.1 Å². The van der Waals surface area contributed by atoms with Crippen LogP contribution in [0.5, 0.6) is 5.75 Å². The van der Waals surface area contributed by atoms with Crippen LogP contribution in [0.25, 0.3) is 17.1 Å². The zero-order valence-corrected chi connectivity index (χ0v) is 21.6. The topological polar surface area (TPSA) is 122 Å². The summed E-state index contributed by atoms with van der Waals surface area (Å²) in [5.74, 6) is 1.24. The Morgan fingerprint density at radius 1 is 1.07 bits per heavy atom. The van der Waals surface area contributed by atoms with Crippen molar-refractivity contribution in [1.82, 2.24) is 34.7 Å². The van der Waals surface area contributed by atoms with Crippen LogP contribution in [-0.2, 0) is 11.3 Å². The van der Waals surface area contributed by atoms with Crippen molar-refractivity contribution < 1.29 is 14.3 Å². The van der Waals surface area contributed by atoms with Gasteiger partial charge in [-0.3, -0.25) is 9.78 Å². The summed E-state index contributed by atoms with van der Waals surface area (Å²) in [4.78, 5) is 22.1. The van der Waals surface area contributed by atoms with Gasteiger partial charge in [0.2, 0.25) is 0 Å². The number of carbonyl (C=O) groups excluding carboxylic acids is 1. The van der Waals surface area contributed by atoms with Crippen molar-refractivity contribution in [3.8, 4) is 22.8 Å². The lowest BCUT2D eigenvalue weighted by atomic mass is 10.1. The number of fused-ring (bicyclic) bond motifs is 3. The van der Waals surface area contributed by atoms with Crippen LogP contribution in [0.15, 0.2) is 79.4 Å². The fourth-order valence-electron chi connectivity index (χ4n) is 4.80. The average molecular weight is 535 g/mol. The molecule has 0 spiro atoms. The van der Waals surface area contributed by atoms with Crippen LogP contribution in [0.3, 0.4) is 0 Å². The molecule has 0 saturated heterocycles. The van der Waals surface area contributed by atoms with E-state index in [-0.39, 0.29) is 24.2 Å². The first-order chi connectivity index (χ1) is 19.7. The molecule has 40 heavy (non-hydrogen) atoms. The fraction of sp³-hybridized carbons (Fsp3) is 0.241. The normalized spacial score (nSPS) is 15.9. The Morgan fingerprint density at radius 2 is 1.98 bits per heavy atom. The zero-order chi connectivity index (χ0) is 26.9. The number of anilines is 1. The molecule has 7 rings (SSSR count). The molecule has 1 aliphatic heterocycles. The lowest BCUT2D eigenvalue weighted by Gasteiger charge is -2.16. The van der Waals surface area contributed by atoms with Gasteiger partial charge in [0.1, 0.15) is 18.3 Å². The molecule has 2 aliphatic rings. The summed E-state index contributed by atoms with van der Waals surface area (Å²) in [6, 6.07) is 18.8. The third-order valence-corrected chi connectivity index (χ3v) is 7.06. The van der Waals surface area contributed by atoms with Crippen LogP contribution in [0.4, 0.5) is 5.69 Å². The minimum absolute atomic E-state index is 0.251. The molecule has 3 aromatic heterocycles. The molecule has 2 aromatic carbocycles. The number of ether oxygens (including phenoxy) is 2. The monoisotopic (exact) mass is 534 g/mol. The number of aromatic nitrogens is 7. The molecule has 0 bridgehead atoms. The van der Waals surface area contributed by atoms with Crippen molar-refractivity contribution in [2.75, 3.05) is 18.5 Å². The Hall–Kier alpha value is -4.90. The van der Waals surface area contributed by atoms with Gasteiger partial charge in [0, 0.05) is 18.3 Å². The number of carbonyl (C=O) groups is 1. The molecule has 1 atom stereocenters. The number of pyridine rings is 1. The summed E-state index contributed by atoms with van der Waals surface area (Å²) in [7, 11) is 0. The van der Waals surface area contributed by atoms with Crippen molar-refractivity contribution in [3.63, 3.8) is 0 Å².